The Morgan fingerprint density at radius 3 is 2.30 bits per heavy atom. The summed E-state index contributed by atoms with van der Waals surface area (Å²) in [5.41, 5.74) is 7.33. The van der Waals surface area contributed by atoms with E-state index in [0.29, 0.717) is 22.6 Å². The van der Waals surface area contributed by atoms with E-state index in [-0.39, 0.29) is 46.6 Å². The summed E-state index contributed by atoms with van der Waals surface area (Å²) in [7, 11) is 0. The molecule has 0 aliphatic heterocycles. The summed E-state index contributed by atoms with van der Waals surface area (Å²) in [5.74, 6) is -2.31. The van der Waals surface area contributed by atoms with Crippen LogP contribution in [0, 0.1) is 0 Å². The van der Waals surface area contributed by atoms with Crippen molar-refractivity contribution in [3.8, 4) is 0 Å². The van der Waals surface area contributed by atoms with Crippen LogP contribution in [-0.2, 0) is 4.79 Å². The minimum atomic E-state index is -1.20. The number of aliphatic carboxylic acids is 1. The van der Waals surface area contributed by atoms with E-state index in [1.165, 1.54) is 0 Å². The van der Waals surface area contributed by atoms with Crippen LogP contribution in [-0.4, -0.2) is 11.8 Å². The number of carboxylic acids is 1. The van der Waals surface area contributed by atoms with Crippen LogP contribution in [0.4, 0.5) is 5.69 Å². The second-order valence-corrected chi connectivity index (χ2v) is 5.36. The van der Waals surface area contributed by atoms with Gasteiger partial charge < -0.3 is 15.6 Å². The molecule has 0 amide bonds. The molecule has 0 spiro atoms. The summed E-state index contributed by atoms with van der Waals surface area (Å²) >= 11 is 5.81. The second-order valence-electron chi connectivity index (χ2n) is 4.92. The zero-order chi connectivity index (χ0) is 16.3. The van der Waals surface area contributed by atoms with Gasteiger partial charge in [0.25, 0.3) is 0 Å². The van der Waals surface area contributed by atoms with Gasteiger partial charge in [-0.1, -0.05) is 30.7 Å². The number of hydrogen-bond acceptors (Lipinski definition) is 4. The summed E-state index contributed by atoms with van der Waals surface area (Å²) in [4.78, 5) is 23.7. The third-order valence-corrected chi connectivity index (χ3v) is 3.81. The van der Waals surface area contributed by atoms with E-state index in [0.717, 1.165) is 0 Å². The van der Waals surface area contributed by atoms with Gasteiger partial charge >= 0.3 is 29.6 Å². The van der Waals surface area contributed by atoms with Crippen molar-refractivity contribution in [1.29, 1.82) is 0 Å². The molecule has 0 saturated heterocycles. The van der Waals surface area contributed by atoms with Crippen molar-refractivity contribution in [2.45, 2.75) is 19.3 Å². The summed E-state index contributed by atoms with van der Waals surface area (Å²) in [6, 6.07) is 11.3. The van der Waals surface area contributed by atoms with Gasteiger partial charge in [0, 0.05) is 33.7 Å². The average molecular weight is 340 g/mol. The maximum Gasteiger partial charge on any atom is 1.00 e. The van der Waals surface area contributed by atoms with Gasteiger partial charge in [0.05, 0.1) is 0 Å². The number of halogens is 1. The fourth-order valence-electron chi connectivity index (χ4n) is 2.36. The van der Waals surface area contributed by atoms with Gasteiger partial charge in [0.2, 0.25) is 0 Å². The molecule has 1 atom stereocenters. The number of benzene rings is 2. The zero-order valence-corrected chi connectivity index (χ0v) is 15.8. The maximum absolute atomic E-state index is 12.5. The number of nitrogens with two attached hydrogens (primary N) is 1. The van der Waals surface area contributed by atoms with Gasteiger partial charge in [0.15, 0.2) is 5.78 Å². The van der Waals surface area contributed by atoms with E-state index >= 15 is 0 Å². The number of para-hydroxylation sites is 1. The minimum absolute atomic E-state index is 0. The van der Waals surface area contributed by atoms with Crippen LogP contribution in [0.15, 0.2) is 42.5 Å². The van der Waals surface area contributed by atoms with Crippen molar-refractivity contribution >= 4 is 29.0 Å². The van der Waals surface area contributed by atoms with Gasteiger partial charge in [-0.25, -0.2) is 0 Å². The summed E-state index contributed by atoms with van der Waals surface area (Å²) in [6.07, 6.45) is 0.338. The van der Waals surface area contributed by atoms with Crippen LogP contribution < -0.4 is 40.4 Å². The molecule has 2 aromatic rings. The Hall–Kier alpha value is -1.33. The first-order valence-corrected chi connectivity index (χ1v) is 7.23. The Morgan fingerprint density at radius 2 is 1.78 bits per heavy atom. The van der Waals surface area contributed by atoms with Crippen molar-refractivity contribution in [2.75, 3.05) is 5.73 Å². The Balaban J connectivity index is 0.00000264. The molecule has 0 aromatic heterocycles. The van der Waals surface area contributed by atoms with Gasteiger partial charge in [-0.3, -0.25) is 4.79 Å². The fourth-order valence-corrected chi connectivity index (χ4v) is 2.48. The molecule has 2 rings (SSSR count). The van der Waals surface area contributed by atoms with Crippen LogP contribution >= 0.6 is 11.6 Å². The molecular weight excluding hydrogens is 325 g/mol. The fraction of sp³-hybridized carbons (Fsp3) is 0.176. The molecule has 2 aromatic carbocycles. The molecule has 0 aliphatic carbocycles. The molecule has 6 heteroatoms. The van der Waals surface area contributed by atoms with Crippen LogP contribution in [0.1, 0.15) is 40.7 Å². The summed E-state index contributed by atoms with van der Waals surface area (Å²) < 4.78 is 0. The quantitative estimate of drug-likeness (QED) is 0.448. The molecule has 0 radical (unpaired) electrons. The Kier molecular flexibility index (Phi) is 7.29. The number of hydrogen-bond donors (Lipinski definition) is 1. The number of carbonyl (C=O) groups is 2. The Morgan fingerprint density at radius 1 is 1.17 bits per heavy atom. The van der Waals surface area contributed by atoms with Crippen molar-refractivity contribution in [2.24, 2.45) is 0 Å². The number of ketones is 1. The molecule has 0 bridgehead atoms. The molecule has 114 valence electrons. The third kappa shape index (κ3) is 4.36. The van der Waals surface area contributed by atoms with Crippen LogP contribution in [0.5, 0.6) is 0 Å². The summed E-state index contributed by atoms with van der Waals surface area (Å²) in [5, 5.41) is 11.7. The van der Waals surface area contributed by atoms with Gasteiger partial charge in [-0.2, -0.15) is 0 Å². The van der Waals surface area contributed by atoms with Crippen molar-refractivity contribution in [3.63, 3.8) is 0 Å². The predicted octanol–water partition coefficient (Wildman–Crippen LogP) is -0.599. The number of nitrogen functional groups attached to an aromatic ring is 1. The van der Waals surface area contributed by atoms with E-state index in [9.17, 15) is 14.7 Å². The minimum Gasteiger partial charge on any atom is -0.549 e. The topological polar surface area (TPSA) is 83.2 Å². The molecular formula is C17H15ClNNaO3. The number of rotatable bonds is 5. The first-order chi connectivity index (χ1) is 10.5. The van der Waals surface area contributed by atoms with E-state index in [4.69, 9.17) is 17.3 Å². The molecule has 4 nitrogen and oxygen atoms in total. The van der Waals surface area contributed by atoms with Crippen LogP contribution in [0.3, 0.4) is 0 Å². The monoisotopic (exact) mass is 339 g/mol. The smallest absolute Gasteiger partial charge is 0.549 e. The van der Waals surface area contributed by atoms with Gasteiger partial charge in [-0.05, 0) is 42.3 Å². The Bertz CT molecular complexity index is 716. The first-order valence-electron chi connectivity index (χ1n) is 6.85. The molecule has 0 heterocycles. The molecule has 2 N–H and O–H groups in total. The first kappa shape index (κ1) is 19.7. The third-order valence-electron chi connectivity index (χ3n) is 3.56. The summed E-state index contributed by atoms with van der Waals surface area (Å²) in [6.45, 7) is 1.73. The average Bonchev–Trinajstić information content (AvgIpc) is 2.49. The van der Waals surface area contributed by atoms with Crippen molar-refractivity contribution in [3.05, 3.63) is 64.2 Å². The predicted molar refractivity (Wildman–Crippen MR) is 83.8 cm³/mol. The zero-order valence-electron chi connectivity index (χ0n) is 13.0. The van der Waals surface area contributed by atoms with Crippen LogP contribution in [0.2, 0.25) is 5.02 Å². The Labute approximate surface area is 161 Å². The van der Waals surface area contributed by atoms with E-state index < -0.39 is 11.9 Å². The molecule has 0 saturated carbocycles. The maximum atomic E-state index is 12.5. The SMILES string of the molecule is CCC(C(=O)[O-])c1cccc(C(=O)c2ccc(Cl)cc2)c1N.[Na+]. The van der Waals surface area contributed by atoms with E-state index in [1.54, 1.807) is 49.4 Å². The number of anilines is 1. The van der Waals surface area contributed by atoms with Crippen LogP contribution in [0.25, 0.3) is 0 Å². The van der Waals surface area contributed by atoms with E-state index in [1.807, 2.05) is 0 Å². The second kappa shape index (κ2) is 8.50. The van der Waals surface area contributed by atoms with Gasteiger partial charge in [-0.15, -0.1) is 0 Å². The van der Waals surface area contributed by atoms with Gasteiger partial charge in [0.1, 0.15) is 0 Å². The molecule has 1 unspecified atom stereocenters. The van der Waals surface area contributed by atoms with Crippen molar-refractivity contribution in [1.82, 2.24) is 0 Å². The largest absolute Gasteiger partial charge is 1.00 e. The standard InChI is InChI=1S/C17H16ClNO3.Na/c1-2-12(17(21)22)13-4-3-5-14(15(13)19)16(20)10-6-8-11(18)9-7-10;/h3-9,12H,2,19H2,1H3,(H,21,22);/q;+1/p-1. The molecule has 23 heavy (non-hydrogen) atoms. The molecule has 0 fully saturated rings. The van der Waals surface area contributed by atoms with Crippen molar-refractivity contribution < 1.29 is 44.3 Å². The normalized spacial score (nSPS) is 11.4. The van der Waals surface area contributed by atoms with E-state index in [2.05, 4.69) is 0 Å². The number of carboxylic acid groups (broad SMARTS) is 1. The number of carbonyl (C=O) groups excluding carboxylic acids is 2. The molecule has 0 aliphatic rings.